The fourth-order valence-corrected chi connectivity index (χ4v) is 1.54. The van der Waals surface area contributed by atoms with E-state index in [-0.39, 0.29) is 17.9 Å². The number of nitrogens with zero attached hydrogens (tertiary/aromatic N) is 1. The maximum atomic E-state index is 11.4. The van der Waals surface area contributed by atoms with Crippen LogP contribution in [-0.2, 0) is 13.0 Å². The number of unbranched alkanes of at least 4 members (excludes halogenated alkanes) is 2. The first-order valence-corrected chi connectivity index (χ1v) is 5.62. The molecular weight excluding hydrogens is 208 g/mol. The smallest absolute Gasteiger partial charge is 0.328 e. The molecule has 0 atom stereocenters. The molecule has 0 aliphatic carbocycles. The summed E-state index contributed by atoms with van der Waals surface area (Å²) >= 11 is 0. The lowest BCUT2D eigenvalue weighted by molar-refractivity contribution is 0.281. The largest absolute Gasteiger partial charge is 0.396 e. The summed E-state index contributed by atoms with van der Waals surface area (Å²) < 4.78 is 1.53. The predicted octanol–water partition coefficient (Wildman–Crippen LogP) is 0.262. The SMILES string of the molecule is CCc1cn(CCCCCO)c(=O)[nH]c1=O. The number of aromatic nitrogens is 2. The second-order valence-electron chi connectivity index (χ2n) is 3.74. The van der Waals surface area contributed by atoms with E-state index in [2.05, 4.69) is 4.98 Å². The minimum Gasteiger partial charge on any atom is -0.396 e. The van der Waals surface area contributed by atoms with Crippen molar-refractivity contribution in [1.82, 2.24) is 9.55 Å². The van der Waals surface area contributed by atoms with E-state index >= 15 is 0 Å². The van der Waals surface area contributed by atoms with Gasteiger partial charge in [0.1, 0.15) is 0 Å². The molecule has 1 aromatic heterocycles. The van der Waals surface area contributed by atoms with Gasteiger partial charge in [0.25, 0.3) is 5.56 Å². The van der Waals surface area contributed by atoms with Crippen molar-refractivity contribution in [3.05, 3.63) is 32.6 Å². The van der Waals surface area contributed by atoms with Gasteiger partial charge < -0.3 is 9.67 Å². The molecule has 0 spiro atoms. The van der Waals surface area contributed by atoms with E-state index in [0.717, 1.165) is 19.3 Å². The van der Waals surface area contributed by atoms with Crippen LogP contribution in [0, 0.1) is 0 Å². The summed E-state index contributed by atoms with van der Waals surface area (Å²) in [6.07, 6.45) is 4.70. The van der Waals surface area contributed by atoms with Gasteiger partial charge in [-0.1, -0.05) is 6.92 Å². The number of aliphatic hydroxyl groups is 1. The summed E-state index contributed by atoms with van der Waals surface area (Å²) in [6.45, 7) is 2.65. The fourth-order valence-electron chi connectivity index (χ4n) is 1.54. The summed E-state index contributed by atoms with van der Waals surface area (Å²) in [7, 11) is 0. The average Bonchev–Trinajstić information content (AvgIpc) is 2.27. The molecule has 0 aliphatic rings. The standard InChI is InChI=1S/C11H18N2O3/c1-2-9-8-13(6-4-3-5-7-14)11(16)12-10(9)15/h8,14H,2-7H2,1H3,(H,12,15,16). The highest BCUT2D eigenvalue weighted by atomic mass is 16.3. The monoisotopic (exact) mass is 226 g/mol. The Kier molecular flexibility index (Phi) is 4.98. The van der Waals surface area contributed by atoms with Crippen molar-refractivity contribution in [2.45, 2.75) is 39.2 Å². The number of hydrogen-bond donors (Lipinski definition) is 2. The molecule has 1 rings (SSSR count). The molecule has 1 heterocycles. The van der Waals surface area contributed by atoms with E-state index in [1.807, 2.05) is 6.92 Å². The Morgan fingerprint density at radius 2 is 2.06 bits per heavy atom. The molecule has 0 saturated carbocycles. The fraction of sp³-hybridized carbons (Fsp3) is 0.636. The summed E-state index contributed by atoms with van der Waals surface area (Å²) in [5, 5.41) is 8.62. The van der Waals surface area contributed by atoms with E-state index in [1.54, 1.807) is 6.20 Å². The van der Waals surface area contributed by atoms with Gasteiger partial charge in [-0.3, -0.25) is 9.78 Å². The van der Waals surface area contributed by atoms with Gasteiger partial charge in [0, 0.05) is 24.9 Å². The lowest BCUT2D eigenvalue weighted by Gasteiger charge is -2.06. The van der Waals surface area contributed by atoms with Gasteiger partial charge >= 0.3 is 5.69 Å². The molecule has 0 bridgehead atoms. The number of nitrogens with one attached hydrogen (secondary N) is 1. The maximum absolute atomic E-state index is 11.4. The molecule has 0 amide bonds. The van der Waals surface area contributed by atoms with E-state index < -0.39 is 0 Å². The zero-order chi connectivity index (χ0) is 12.0. The van der Waals surface area contributed by atoms with Gasteiger partial charge in [-0.25, -0.2) is 4.79 Å². The molecule has 0 aromatic carbocycles. The predicted molar refractivity (Wildman–Crippen MR) is 61.6 cm³/mol. The van der Waals surface area contributed by atoms with Crippen molar-refractivity contribution in [2.75, 3.05) is 6.61 Å². The number of aryl methyl sites for hydroxylation is 2. The van der Waals surface area contributed by atoms with Crippen LogP contribution in [0.25, 0.3) is 0 Å². The quantitative estimate of drug-likeness (QED) is 0.683. The van der Waals surface area contributed by atoms with Crippen molar-refractivity contribution >= 4 is 0 Å². The van der Waals surface area contributed by atoms with Crippen LogP contribution in [-0.4, -0.2) is 21.3 Å². The third kappa shape index (κ3) is 3.34. The van der Waals surface area contributed by atoms with Gasteiger partial charge in [-0.2, -0.15) is 0 Å². The second-order valence-corrected chi connectivity index (χ2v) is 3.74. The number of hydrogen-bond acceptors (Lipinski definition) is 3. The zero-order valence-corrected chi connectivity index (χ0v) is 9.53. The van der Waals surface area contributed by atoms with Crippen LogP contribution in [0.3, 0.4) is 0 Å². The molecule has 1 aromatic rings. The van der Waals surface area contributed by atoms with E-state index in [0.29, 0.717) is 18.5 Å². The summed E-state index contributed by atoms with van der Waals surface area (Å²) in [6, 6.07) is 0. The molecular formula is C11H18N2O3. The van der Waals surface area contributed by atoms with Crippen LogP contribution in [0.5, 0.6) is 0 Å². The minimum atomic E-state index is -0.355. The molecule has 2 N–H and O–H groups in total. The van der Waals surface area contributed by atoms with E-state index in [1.165, 1.54) is 4.57 Å². The topological polar surface area (TPSA) is 75.1 Å². The first-order chi connectivity index (χ1) is 7.69. The van der Waals surface area contributed by atoms with Crippen LogP contribution in [0.1, 0.15) is 31.7 Å². The third-order valence-electron chi connectivity index (χ3n) is 2.52. The molecule has 90 valence electrons. The summed E-state index contributed by atoms with van der Waals surface area (Å²) in [5.74, 6) is 0. The van der Waals surface area contributed by atoms with Crippen LogP contribution >= 0.6 is 0 Å². The molecule has 0 fully saturated rings. The Labute approximate surface area is 93.8 Å². The Morgan fingerprint density at radius 3 is 2.69 bits per heavy atom. The van der Waals surface area contributed by atoms with Gasteiger partial charge in [0.05, 0.1) is 0 Å². The molecule has 16 heavy (non-hydrogen) atoms. The zero-order valence-electron chi connectivity index (χ0n) is 9.53. The first kappa shape index (κ1) is 12.7. The molecule has 0 unspecified atom stereocenters. The van der Waals surface area contributed by atoms with Gasteiger partial charge in [0.15, 0.2) is 0 Å². The lowest BCUT2D eigenvalue weighted by Crippen LogP contribution is -2.31. The van der Waals surface area contributed by atoms with Crippen LogP contribution in [0.15, 0.2) is 15.8 Å². The van der Waals surface area contributed by atoms with Gasteiger partial charge in [-0.05, 0) is 25.7 Å². The van der Waals surface area contributed by atoms with Crippen molar-refractivity contribution in [3.8, 4) is 0 Å². The van der Waals surface area contributed by atoms with E-state index in [9.17, 15) is 9.59 Å². The van der Waals surface area contributed by atoms with Crippen LogP contribution in [0.2, 0.25) is 0 Å². The van der Waals surface area contributed by atoms with Crippen LogP contribution in [0.4, 0.5) is 0 Å². The Balaban J connectivity index is 2.72. The highest BCUT2D eigenvalue weighted by molar-refractivity contribution is 5.03. The first-order valence-electron chi connectivity index (χ1n) is 5.62. The normalized spacial score (nSPS) is 10.6. The highest BCUT2D eigenvalue weighted by Crippen LogP contribution is 1.97. The molecule has 0 radical (unpaired) electrons. The number of aliphatic hydroxyl groups excluding tert-OH is 1. The van der Waals surface area contributed by atoms with Crippen molar-refractivity contribution in [3.63, 3.8) is 0 Å². The summed E-state index contributed by atoms with van der Waals surface area (Å²) in [4.78, 5) is 25.0. The Bertz CT molecular complexity index is 434. The second kappa shape index (κ2) is 6.27. The van der Waals surface area contributed by atoms with E-state index in [4.69, 9.17) is 5.11 Å². The molecule has 0 aliphatic heterocycles. The minimum absolute atomic E-state index is 0.181. The highest BCUT2D eigenvalue weighted by Gasteiger charge is 2.02. The number of H-pyrrole nitrogens is 1. The number of rotatable bonds is 6. The van der Waals surface area contributed by atoms with Crippen molar-refractivity contribution in [1.29, 1.82) is 0 Å². The number of aromatic amines is 1. The molecule has 5 heteroatoms. The average molecular weight is 226 g/mol. The Morgan fingerprint density at radius 1 is 1.31 bits per heavy atom. The third-order valence-corrected chi connectivity index (χ3v) is 2.52. The summed E-state index contributed by atoms with van der Waals surface area (Å²) in [5.41, 5.74) is -0.0212. The Hall–Kier alpha value is -1.36. The molecule has 5 nitrogen and oxygen atoms in total. The lowest BCUT2D eigenvalue weighted by atomic mass is 10.2. The van der Waals surface area contributed by atoms with Gasteiger partial charge in [-0.15, -0.1) is 0 Å². The maximum Gasteiger partial charge on any atom is 0.328 e. The van der Waals surface area contributed by atoms with Gasteiger partial charge in [0.2, 0.25) is 0 Å². The molecule has 0 saturated heterocycles. The van der Waals surface area contributed by atoms with Crippen molar-refractivity contribution in [2.24, 2.45) is 0 Å². The van der Waals surface area contributed by atoms with Crippen LogP contribution < -0.4 is 11.2 Å². The van der Waals surface area contributed by atoms with Crippen molar-refractivity contribution < 1.29 is 5.11 Å².